The minimum Gasteiger partial charge on any atom is -0.357 e. The van der Waals surface area contributed by atoms with Crippen molar-refractivity contribution < 1.29 is 9.59 Å². The van der Waals surface area contributed by atoms with Gasteiger partial charge in [0.1, 0.15) is 11.0 Å². The molecule has 0 aromatic carbocycles. The first-order valence-corrected chi connectivity index (χ1v) is 7.43. The monoisotopic (exact) mass is 309 g/mol. The second kappa shape index (κ2) is 6.43. The van der Waals surface area contributed by atoms with E-state index in [0.717, 1.165) is 12.8 Å². The molecule has 0 radical (unpaired) electrons. The fourth-order valence-corrected chi connectivity index (χ4v) is 2.93. The van der Waals surface area contributed by atoms with E-state index < -0.39 is 0 Å². The second-order valence-corrected chi connectivity index (χ2v) is 5.96. The molecule has 0 bridgehead atoms. The van der Waals surface area contributed by atoms with Crippen LogP contribution in [-0.2, 0) is 0 Å². The minimum absolute atomic E-state index is 0.0811. The Kier molecular flexibility index (Phi) is 4.83. The van der Waals surface area contributed by atoms with Gasteiger partial charge in [-0.3, -0.25) is 9.59 Å². The van der Waals surface area contributed by atoms with E-state index in [1.54, 1.807) is 20.2 Å². The fraction of sp³-hybridized carbons (Fsp3) is 0.533. The smallest absolute Gasteiger partial charge is 0.254 e. The quantitative estimate of drug-likeness (QED) is 0.634. The highest BCUT2D eigenvalue weighted by atomic mass is 35.5. The SMILES string of the molecule is CN(C)C(=O)c1cc(N(C)C2CCCC2)nc(Cl)c1C=O. The molecular formula is C15H20ClN3O2. The number of carbonyl (C=O) groups is 2. The highest BCUT2D eigenvalue weighted by Crippen LogP contribution is 2.29. The van der Waals surface area contributed by atoms with Crippen LogP contribution in [0.4, 0.5) is 5.82 Å². The molecule has 1 aromatic heterocycles. The average molecular weight is 310 g/mol. The standard InChI is InChI=1S/C15H20ClN3O2/c1-18(2)15(21)11-8-13(17-14(16)12(11)9-20)19(3)10-6-4-5-7-10/h8-10H,4-7H2,1-3H3. The van der Waals surface area contributed by atoms with Gasteiger partial charge in [-0.15, -0.1) is 0 Å². The van der Waals surface area contributed by atoms with Crippen molar-refractivity contribution in [1.82, 2.24) is 9.88 Å². The van der Waals surface area contributed by atoms with E-state index in [4.69, 9.17) is 11.6 Å². The number of hydrogen-bond donors (Lipinski definition) is 0. The third-order valence-electron chi connectivity index (χ3n) is 3.99. The van der Waals surface area contributed by atoms with Crippen LogP contribution in [0.3, 0.4) is 0 Å². The molecule has 1 aliphatic rings. The number of aromatic nitrogens is 1. The largest absolute Gasteiger partial charge is 0.357 e. The van der Waals surface area contributed by atoms with Crippen LogP contribution >= 0.6 is 11.6 Å². The van der Waals surface area contributed by atoms with Gasteiger partial charge < -0.3 is 9.80 Å². The Morgan fingerprint density at radius 2 is 1.95 bits per heavy atom. The predicted molar refractivity (Wildman–Crippen MR) is 83.3 cm³/mol. The summed E-state index contributed by atoms with van der Waals surface area (Å²) >= 11 is 6.09. The average Bonchev–Trinajstić information content (AvgIpc) is 2.98. The molecule has 5 nitrogen and oxygen atoms in total. The van der Waals surface area contributed by atoms with E-state index >= 15 is 0 Å². The van der Waals surface area contributed by atoms with Crippen LogP contribution in [0.25, 0.3) is 0 Å². The van der Waals surface area contributed by atoms with Crippen molar-refractivity contribution in [1.29, 1.82) is 0 Å². The highest BCUT2D eigenvalue weighted by Gasteiger charge is 2.24. The molecule has 1 amide bonds. The number of aldehydes is 1. The maximum Gasteiger partial charge on any atom is 0.254 e. The van der Waals surface area contributed by atoms with Crippen LogP contribution in [0.15, 0.2) is 6.07 Å². The first-order valence-electron chi connectivity index (χ1n) is 7.06. The maximum atomic E-state index is 12.2. The molecule has 1 fully saturated rings. The number of amides is 1. The lowest BCUT2D eigenvalue weighted by Gasteiger charge is -2.26. The lowest BCUT2D eigenvalue weighted by Crippen LogP contribution is -2.30. The van der Waals surface area contributed by atoms with E-state index in [9.17, 15) is 9.59 Å². The van der Waals surface area contributed by atoms with E-state index in [1.807, 2.05) is 7.05 Å². The van der Waals surface area contributed by atoms with Crippen LogP contribution in [0.5, 0.6) is 0 Å². The summed E-state index contributed by atoms with van der Waals surface area (Å²) in [4.78, 5) is 31.2. The summed E-state index contributed by atoms with van der Waals surface area (Å²) in [5, 5.41) is 0.0811. The van der Waals surface area contributed by atoms with Gasteiger partial charge >= 0.3 is 0 Å². The topological polar surface area (TPSA) is 53.5 Å². The molecule has 1 heterocycles. The first kappa shape index (κ1) is 15.8. The third kappa shape index (κ3) is 3.18. The molecule has 2 rings (SSSR count). The molecule has 0 N–H and O–H groups in total. The van der Waals surface area contributed by atoms with Gasteiger partial charge in [-0.2, -0.15) is 0 Å². The van der Waals surface area contributed by atoms with Gasteiger partial charge in [-0.05, 0) is 18.9 Å². The highest BCUT2D eigenvalue weighted by molar-refractivity contribution is 6.32. The lowest BCUT2D eigenvalue weighted by molar-refractivity contribution is 0.0824. The molecule has 1 aromatic rings. The molecule has 6 heteroatoms. The molecule has 0 aliphatic heterocycles. The van der Waals surface area contributed by atoms with Crippen molar-refractivity contribution in [2.45, 2.75) is 31.7 Å². The fourth-order valence-electron chi connectivity index (χ4n) is 2.70. The molecule has 0 saturated heterocycles. The summed E-state index contributed by atoms with van der Waals surface area (Å²) < 4.78 is 0. The molecule has 0 atom stereocenters. The van der Waals surface area contributed by atoms with Crippen LogP contribution < -0.4 is 4.90 Å². The zero-order chi connectivity index (χ0) is 15.6. The number of pyridine rings is 1. The zero-order valence-corrected chi connectivity index (χ0v) is 13.4. The number of halogens is 1. The first-order chi connectivity index (χ1) is 9.95. The minimum atomic E-state index is -0.248. The Balaban J connectivity index is 2.44. The number of anilines is 1. The van der Waals surface area contributed by atoms with E-state index in [2.05, 4.69) is 9.88 Å². The number of carbonyl (C=O) groups excluding carboxylic acids is 2. The van der Waals surface area contributed by atoms with Crippen LogP contribution in [0, 0.1) is 0 Å². The third-order valence-corrected chi connectivity index (χ3v) is 4.27. The summed E-state index contributed by atoms with van der Waals surface area (Å²) in [6.07, 6.45) is 5.23. The van der Waals surface area contributed by atoms with Crippen molar-refractivity contribution in [3.8, 4) is 0 Å². The Hall–Kier alpha value is -1.62. The van der Waals surface area contributed by atoms with Crippen LogP contribution in [-0.4, -0.2) is 49.3 Å². The Morgan fingerprint density at radius 1 is 1.33 bits per heavy atom. The summed E-state index contributed by atoms with van der Waals surface area (Å²) in [5.41, 5.74) is 0.453. The second-order valence-electron chi connectivity index (χ2n) is 5.60. The van der Waals surface area contributed by atoms with Crippen molar-refractivity contribution >= 4 is 29.6 Å². The van der Waals surface area contributed by atoms with E-state index in [0.29, 0.717) is 23.7 Å². The Labute approximate surface area is 129 Å². The van der Waals surface area contributed by atoms with Crippen molar-refractivity contribution in [3.63, 3.8) is 0 Å². The zero-order valence-electron chi connectivity index (χ0n) is 12.6. The molecule has 21 heavy (non-hydrogen) atoms. The van der Waals surface area contributed by atoms with Crippen molar-refractivity contribution in [3.05, 3.63) is 22.3 Å². The van der Waals surface area contributed by atoms with Gasteiger partial charge in [0.15, 0.2) is 6.29 Å². The lowest BCUT2D eigenvalue weighted by atomic mass is 10.1. The van der Waals surface area contributed by atoms with Crippen molar-refractivity contribution in [2.24, 2.45) is 0 Å². The summed E-state index contributed by atoms with van der Waals surface area (Å²) in [5.74, 6) is 0.394. The molecule has 1 saturated carbocycles. The molecule has 0 unspecified atom stereocenters. The molecule has 0 spiro atoms. The Morgan fingerprint density at radius 3 is 2.48 bits per heavy atom. The van der Waals surface area contributed by atoms with Gasteiger partial charge in [0.25, 0.3) is 5.91 Å². The van der Waals surface area contributed by atoms with Crippen LogP contribution in [0.1, 0.15) is 46.4 Å². The van der Waals surface area contributed by atoms with Gasteiger partial charge in [0, 0.05) is 27.2 Å². The van der Waals surface area contributed by atoms with Gasteiger partial charge in [0.05, 0.1) is 11.1 Å². The number of rotatable bonds is 4. The maximum absolute atomic E-state index is 12.2. The molecule has 1 aliphatic carbocycles. The van der Waals surface area contributed by atoms with Crippen molar-refractivity contribution in [2.75, 3.05) is 26.0 Å². The van der Waals surface area contributed by atoms with Gasteiger partial charge in [-0.1, -0.05) is 24.4 Å². The molecule has 114 valence electrons. The van der Waals surface area contributed by atoms with E-state index in [1.165, 1.54) is 17.7 Å². The predicted octanol–water partition coefficient (Wildman–Crippen LogP) is 2.63. The normalized spacial score (nSPS) is 15.0. The van der Waals surface area contributed by atoms with E-state index in [-0.39, 0.29) is 16.6 Å². The van der Waals surface area contributed by atoms with Gasteiger partial charge in [-0.25, -0.2) is 4.98 Å². The number of hydrogen-bond acceptors (Lipinski definition) is 4. The van der Waals surface area contributed by atoms with Gasteiger partial charge in [0.2, 0.25) is 0 Å². The summed E-state index contributed by atoms with van der Waals surface area (Å²) in [6, 6.07) is 2.08. The Bertz CT molecular complexity index is 554. The summed E-state index contributed by atoms with van der Waals surface area (Å²) in [6.45, 7) is 0. The number of nitrogens with zero attached hydrogens (tertiary/aromatic N) is 3. The summed E-state index contributed by atoms with van der Waals surface area (Å²) in [7, 11) is 5.25. The van der Waals surface area contributed by atoms with Crippen LogP contribution in [0.2, 0.25) is 5.15 Å². The molecular weight excluding hydrogens is 290 g/mol.